The highest BCUT2D eigenvalue weighted by Crippen LogP contribution is 2.34. The van der Waals surface area contributed by atoms with Crippen molar-refractivity contribution in [3.05, 3.63) is 71.8 Å². The molecule has 13 heteroatoms. The van der Waals surface area contributed by atoms with Crippen molar-refractivity contribution >= 4 is 61.4 Å². The van der Waals surface area contributed by atoms with Gasteiger partial charge in [0, 0.05) is 63.4 Å². The molecule has 2 aliphatic carbocycles. The monoisotopic (exact) mass is 792 g/mol. The highest BCUT2D eigenvalue weighted by atomic mass is 35.5. The second-order valence-electron chi connectivity index (χ2n) is 14.6. The predicted molar refractivity (Wildman–Crippen MR) is 219 cm³/mol. The number of benzene rings is 2. The lowest BCUT2D eigenvalue weighted by Gasteiger charge is -2.34. The fourth-order valence-corrected chi connectivity index (χ4v) is 7.86. The third-order valence-electron chi connectivity index (χ3n) is 10.6. The lowest BCUT2D eigenvalue weighted by Crippen LogP contribution is -2.53. The van der Waals surface area contributed by atoms with E-state index in [-0.39, 0.29) is 78.0 Å². The van der Waals surface area contributed by atoms with E-state index < -0.39 is 0 Å². The van der Waals surface area contributed by atoms with Gasteiger partial charge in [-0.1, -0.05) is 86.3 Å². The Bertz CT molecular complexity index is 1130. The molecule has 4 fully saturated rings. The average Bonchev–Trinajstić information content (AvgIpc) is 3.70. The molecule has 0 aromatic heterocycles. The first-order valence-electron chi connectivity index (χ1n) is 17.8. The summed E-state index contributed by atoms with van der Waals surface area (Å²) in [6, 6.07) is 21.1. The molecular weight excluding hydrogens is 730 g/mol. The zero-order chi connectivity index (χ0) is 32.2. The summed E-state index contributed by atoms with van der Waals surface area (Å²) in [7, 11) is 4.29. The highest BCUT2D eigenvalue weighted by molar-refractivity contribution is 5.86. The molecule has 0 radical (unpaired) electrons. The second-order valence-corrected chi connectivity index (χ2v) is 14.6. The molecule has 2 aromatic carbocycles. The van der Waals surface area contributed by atoms with Crippen molar-refractivity contribution in [1.29, 1.82) is 0 Å². The van der Waals surface area contributed by atoms with Gasteiger partial charge in [-0.15, -0.1) is 49.6 Å². The van der Waals surface area contributed by atoms with E-state index in [4.69, 9.17) is 0 Å². The first-order chi connectivity index (χ1) is 22.3. The minimum absolute atomic E-state index is 0. The standard InChI is InChI=1S/2C19H29N3O.4ClH.H2O/c2*1-21-11-13-22(14-12-21)16-18(23)20-19(9-5-6-10-19)15-17-7-3-2-4-8-17;;;;;/h2*2-4,7-8H,5-6,9-16H2,1H3,(H,20,23);4*1H;1H2. The zero-order valence-corrected chi connectivity index (χ0v) is 33.9. The fraction of sp³-hybridized carbons (Fsp3) is 0.632. The molecule has 2 saturated heterocycles. The van der Waals surface area contributed by atoms with Crippen LogP contribution in [0.3, 0.4) is 0 Å². The third kappa shape index (κ3) is 16.1. The Morgan fingerprint density at radius 3 is 1.12 bits per heavy atom. The number of halogens is 4. The van der Waals surface area contributed by atoms with E-state index in [9.17, 15) is 9.59 Å². The number of likely N-dealkylation sites (N-methyl/N-ethyl adjacent to an activating group) is 2. The van der Waals surface area contributed by atoms with Gasteiger partial charge in [-0.25, -0.2) is 0 Å². The largest absolute Gasteiger partial charge is 0.412 e. The van der Waals surface area contributed by atoms with Crippen LogP contribution in [0.25, 0.3) is 0 Å². The summed E-state index contributed by atoms with van der Waals surface area (Å²) in [5.41, 5.74) is 2.61. The Hall–Kier alpha value is -1.66. The van der Waals surface area contributed by atoms with Gasteiger partial charge in [0.25, 0.3) is 0 Å². The highest BCUT2D eigenvalue weighted by Gasteiger charge is 2.37. The molecule has 2 amide bonds. The molecule has 4 N–H and O–H groups in total. The van der Waals surface area contributed by atoms with E-state index >= 15 is 0 Å². The third-order valence-corrected chi connectivity index (χ3v) is 10.6. The van der Waals surface area contributed by atoms with Gasteiger partial charge in [-0.3, -0.25) is 19.4 Å². The maximum absolute atomic E-state index is 12.6. The van der Waals surface area contributed by atoms with Gasteiger partial charge in [0.1, 0.15) is 0 Å². The van der Waals surface area contributed by atoms with Crippen LogP contribution < -0.4 is 10.6 Å². The van der Waals surface area contributed by atoms with Crippen molar-refractivity contribution in [3.8, 4) is 0 Å². The fourth-order valence-electron chi connectivity index (χ4n) is 7.86. The number of nitrogens with zero attached hydrogens (tertiary/aromatic N) is 4. The minimum atomic E-state index is -0.0228. The van der Waals surface area contributed by atoms with Gasteiger partial charge in [0.2, 0.25) is 11.8 Å². The van der Waals surface area contributed by atoms with Crippen molar-refractivity contribution in [2.24, 2.45) is 0 Å². The molecule has 0 unspecified atom stereocenters. The molecule has 9 nitrogen and oxygen atoms in total. The normalized spacial score (nSPS) is 20.0. The van der Waals surface area contributed by atoms with E-state index in [2.05, 4.69) is 105 Å². The number of amides is 2. The number of carbonyl (C=O) groups is 2. The first kappa shape index (κ1) is 49.3. The Balaban J connectivity index is 0.000000893. The molecule has 6 rings (SSSR count). The van der Waals surface area contributed by atoms with E-state index in [1.54, 1.807) is 0 Å². The molecular formula is C38H64Cl4N6O3. The number of rotatable bonds is 10. The van der Waals surface area contributed by atoms with Crippen molar-refractivity contribution in [3.63, 3.8) is 0 Å². The molecule has 2 saturated carbocycles. The SMILES string of the molecule is CN1CCN(CC(=O)NC2(Cc3ccccc3)CCCC2)CC1.CN1CCN(CC(=O)NC2(Cc3ccccc3)CCCC2)CC1.Cl.Cl.Cl.Cl.O. The number of carbonyl (C=O) groups excluding carboxylic acids is 2. The second kappa shape index (κ2) is 24.6. The predicted octanol–water partition coefficient (Wildman–Crippen LogP) is 4.67. The number of piperazine rings is 2. The van der Waals surface area contributed by atoms with Crippen LogP contribution in [0.15, 0.2) is 60.7 Å². The molecule has 2 aromatic rings. The molecule has 0 atom stereocenters. The van der Waals surface area contributed by atoms with Gasteiger partial charge >= 0.3 is 0 Å². The summed E-state index contributed by atoms with van der Waals surface area (Å²) in [5, 5.41) is 6.81. The zero-order valence-electron chi connectivity index (χ0n) is 30.7. The molecule has 0 spiro atoms. The summed E-state index contributed by atoms with van der Waals surface area (Å²) in [6.45, 7) is 9.31. The summed E-state index contributed by atoms with van der Waals surface area (Å²) in [4.78, 5) is 34.4. The Kier molecular flexibility index (Phi) is 23.8. The maximum Gasteiger partial charge on any atom is 0.234 e. The Labute approximate surface area is 332 Å². The van der Waals surface area contributed by atoms with E-state index in [1.807, 2.05) is 0 Å². The molecule has 51 heavy (non-hydrogen) atoms. The summed E-state index contributed by atoms with van der Waals surface area (Å²) in [5.74, 6) is 0.403. The van der Waals surface area contributed by atoms with Crippen molar-refractivity contribution in [1.82, 2.24) is 30.2 Å². The van der Waals surface area contributed by atoms with Gasteiger partial charge in [0.05, 0.1) is 13.1 Å². The van der Waals surface area contributed by atoms with Crippen LogP contribution in [-0.2, 0) is 22.4 Å². The van der Waals surface area contributed by atoms with Gasteiger partial charge in [-0.05, 0) is 63.7 Å². The lowest BCUT2D eigenvalue weighted by molar-refractivity contribution is -0.125. The van der Waals surface area contributed by atoms with Crippen molar-refractivity contribution in [2.45, 2.75) is 75.3 Å². The molecule has 292 valence electrons. The quantitative estimate of drug-likeness (QED) is 0.363. The number of hydrogen-bond donors (Lipinski definition) is 2. The van der Waals surface area contributed by atoms with Crippen molar-refractivity contribution < 1.29 is 15.1 Å². The van der Waals surface area contributed by atoms with Crippen LogP contribution in [0.1, 0.15) is 62.5 Å². The first-order valence-corrected chi connectivity index (χ1v) is 17.8. The van der Waals surface area contributed by atoms with Gasteiger partial charge < -0.3 is 25.9 Å². The molecule has 2 heterocycles. The Morgan fingerprint density at radius 1 is 0.529 bits per heavy atom. The molecule has 2 aliphatic heterocycles. The van der Waals surface area contributed by atoms with Crippen LogP contribution in [0.5, 0.6) is 0 Å². The van der Waals surface area contributed by atoms with Gasteiger partial charge in [0.15, 0.2) is 0 Å². The van der Waals surface area contributed by atoms with Crippen LogP contribution >= 0.6 is 49.6 Å². The van der Waals surface area contributed by atoms with Crippen LogP contribution in [0.4, 0.5) is 0 Å². The molecule has 4 aliphatic rings. The smallest absolute Gasteiger partial charge is 0.234 e. The summed E-state index contributed by atoms with van der Waals surface area (Å²) >= 11 is 0. The van der Waals surface area contributed by atoms with Crippen molar-refractivity contribution in [2.75, 3.05) is 79.5 Å². The topological polar surface area (TPSA) is 103 Å². The average molecular weight is 795 g/mol. The number of nitrogens with one attached hydrogen (secondary N) is 2. The van der Waals surface area contributed by atoms with Crippen LogP contribution in [-0.4, -0.2) is 128 Å². The van der Waals surface area contributed by atoms with E-state index in [0.717, 1.165) is 90.9 Å². The lowest BCUT2D eigenvalue weighted by atomic mass is 9.89. The molecule has 0 bridgehead atoms. The maximum atomic E-state index is 12.6. The summed E-state index contributed by atoms with van der Waals surface area (Å²) in [6.07, 6.45) is 11.2. The van der Waals surface area contributed by atoms with E-state index in [0.29, 0.717) is 13.1 Å². The Morgan fingerprint density at radius 2 is 0.824 bits per heavy atom. The minimum Gasteiger partial charge on any atom is -0.412 e. The van der Waals surface area contributed by atoms with Crippen LogP contribution in [0, 0.1) is 0 Å². The number of hydrogen-bond acceptors (Lipinski definition) is 6. The van der Waals surface area contributed by atoms with E-state index in [1.165, 1.54) is 36.8 Å². The van der Waals surface area contributed by atoms with Gasteiger partial charge in [-0.2, -0.15) is 0 Å². The summed E-state index contributed by atoms with van der Waals surface area (Å²) < 4.78 is 0. The van der Waals surface area contributed by atoms with Crippen LogP contribution in [0.2, 0.25) is 0 Å².